The molecule has 0 radical (unpaired) electrons. The summed E-state index contributed by atoms with van der Waals surface area (Å²) in [5, 5.41) is 9.86. The SMILES string of the molecule is CC(C)(C)C(O)C1=COCCC1. The highest BCUT2D eigenvalue weighted by Gasteiger charge is 2.26. The average molecular weight is 170 g/mol. The second-order valence-corrected chi connectivity index (χ2v) is 4.44. The maximum atomic E-state index is 9.86. The lowest BCUT2D eigenvalue weighted by Gasteiger charge is -2.29. The fraction of sp³-hybridized carbons (Fsp3) is 0.800. The Bertz CT molecular complexity index is 177. The predicted octanol–water partition coefficient (Wildman–Crippen LogP) is 2.09. The van der Waals surface area contributed by atoms with Crippen molar-refractivity contribution in [2.24, 2.45) is 5.41 Å². The van der Waals surface area contributed by atoms with Crippen LogP contribution in [-0.2, 0) is 4.74 Å². The summed E-state index contributed by atoms with van der Waals surface area (Å²) in [7, 11) is 0. The van der Waals surface area contributed by atoms with Gasteiger partial charge in [-0.3, -0.25) is 0 Å². The largest absolute Gasteiger partial charge is 0.501 e. The average Bonchev–Trinajstić information content (AvgIpc) is 2.03. The Morgan fingerprint density at radius 2 is 2.17 bits per heavy atom. The summed E-state index contributed by atoms with van der Waals surface area (Å²) in [4.78, 5) is 0. The maximum Gasteiger partial charge on any atom is 0.0876 e. The van der Waals surface area contributed by atoms with Crippen LogP contribution in [0.3, 0.4) is 0 Å². The summed E-state index contributed by atoms with van der Waals surface area (Å²) in [6.07, 6.45) is 3.36. The summed E-state index contributed by atoms with van der Waals surface area (Å²) < 4.78 is 5.18. The highest BCUT2D eigenvalue weighted by Crippen LogP contribution is 2.28. The van der Waals surface area contributed by atoms with Crippen molar-refractivity contribution in [2.75, 3.05) is 6.61 Å². The Kier molecular flexibility index (Phi) is 2.78. The number of hydrogen-bond acceptors (Lipinski definition) is 2. The maximum absolute atomic E-state index is 9.86. The van der Waals surface area contributed by atoms with Crippen molar-refractivity contribution in [1.29, 1.82) is 0 Å². The molecule has 1 heterocycles. The smallest absolute Gasteiger partial charge is 0.0876 e. The van der Waals surface area contributed by atoms with Crippen LogP contribution in [0, 0.1) is 5.41 Å². The topological polar surface area (TPSA) is 29.5 Å². The molecule has 0 saturated carbocycles. The first-order chi connectivity index (χ1) is 5.52. The van der Waals surface area contributed by atoms with Crippen molar-refractivity contribution in [3.8, 4) is 0 Å². The molecule has 1 rings (SSSR count). The molecular weight excluding hydrogens is 152 g/mol. The number of aliphatic hydroxyl groups excluding tert-OH is 1. The Morgan fingerprint density at radius 1 is 1.50 bits per heavy atom. The van der Waals surface area contributed by atoms with Gasteiger partial charge in [0.2, 0.25) is 0 Å². The van der Waals surface area contributed by atoms with E-state index in [0.29, 0.717) is 0 Å². The van der Waals surface area contributed by atoms with Gasteiger partial charge in [0.15, 0.2) is 0 Å². The molecule has 1 unspecified atom stereocenters. The van der Waals surface area contributed by atoms with Gasteiger partial charge in [-0.05, 0) is 23.8 Å². The predicted molar refractivity (Wildman–Crippen MR) is 48.7 cm³/mol. The second-order valence-electron chi connectivity index (χ2n) is 4.44. The first-order valence-electron chi connectivity index (χ1n) is 4.50. The zero-order valence-electron chi connectivity index (χ0n) is 8.13. The molecule has 1 atom stereocenters. The van der Waals surface area contributed by atoms with Gasteiger partial charge in [-0.15, -0.1) is 0 Å². The zero-order valence-corrected chi connectivity index (χ0v) is 8.13. The molecule has 0 amide bonds. The molecule has 0 spiro atoms. The van der Waals surface area contributed by atoms with Crippen LogP contribution in [-0.4, -0.2) is 17.8 Å². The number of ether oxygens (including phenoxy) is 1. The normalized spacial score (nSPS) is 21.2. The van der Waals surface area contributed by atoms with Crippen molar-refractivity contribution in [3.05, 3.63) is 11.8 Å². The van der Waals surface area contributed by atoms with Gasteiger partial charge >= 0.3 is 0 Å². The minimum Gasteiger partial charge on any atom is -0.501 e. The molecule has 0 bridgehead atoms. The third kappa shape index (κ3) is 2.24. The molecule has 2 heteroatoms. The first kappa shape index (κ1) is 9.59. The third-order valence-corrected chi connectivity index (χ3v) is 2.13. The van der Waals surface area contributed by atoms with E-state index >= 15 is 0 Å². The van der Waals surface area contributed by atoms with Crippen molar-refractivity contribution < 1.29 is 9.84 Å². The van der Waals surface area contributed by atoms with Gasteiger partial charge < -0.3 is 9.84 Å². The Hall–Kier alpha value is -0.500. The van der Waals surface area contributed by atoms with E-state index in [1.54, 1.807) is 6.26 Å². The zero-order chi connectivity index (χ0) is 9.19. The van der Waals surface area contributed by atoms with Crippen LogP contribution >= 0.6 is 0 Å². The summed E-state index contributed by atoms with van der Waals surface area (Å²) >= 11 is 0. The highest BCUT2D eigenvalue weighted by molar-refractivity contribution is 5.10. The molecule has 0 saturated heterocycles. The van der Waals surface area contributed by atoms with Crippen molar-refractivity contribution in [1.82, 2.24) is 0 Å². The molecular formula is C10H18O2. The van der Waals surface area contributed by atoms with Gasteiger partial charge in [0, 0.05) is 0 Å². The van der Waals surface area contributed by atoms with Crippen LogP contribution in [0.2, 0.25) is 0 Å². The van der Waals surface area contributed by atoms with Gasteiger partial charge in [-0.1, -0.05) is 20.8 Å². The summed E-state index contributed by atoms with van der Waals surface area (Å²) in [6, 6.07) is 0. The summed E-state index contributed by atoms with van der Waals surface area (Å²) in [5.41, 5.74) is 0.959. The summed E-state index contributed by atoms with van der Waals surface area (Å²) in [6.45, 7) is 6.90. The van der Waals surface area contributed by atoms with Crippen molar-refractivity contribution in [2.45, 2.75) is 39.7 Å². The molecule has 1 aliphatic rings. The van der Waals surface area contributed by atoms with E-state index in [9.17, 15) is 5.11 Å². The number of hydrogen-bond donors (Lipinski definition) is 1. The fourth-order valence-electron chi connectivity index (χ4n) is 1.34. The molecule has 0 aromatic carbocycles. The van der Waals surface area contributed by atoms with E-state index in [-0.39, 0.29) is 11.5 Å². The summed E-state index contributed by atoms with van der Waals surface area (Å²) in [5.74, 6) is 0. The van der Waals surface area contributed by atoms with Gasteiger partial charge in [-0.2, -0.15) is 0 Å². The van der Waals surface area contributed by atoms with E-state index in [1.807, 2.05) is 20.8 Å². The first-order valence-corrected chi connectivity index (χ1v) is 4.50. The standard InChI is InChI=1S/C10H18O2/c1-10(2,3)9(11)8-5-4-6-12-7-8/h7,9,11H,4-6H2,1-3H3. The molecule has 0 fully saturated rings. The van der Waals surface area contributed by atoms with Crippen LogP contribution in [0.1, 0.15) is 33.6 Å². The second kappa shape index (κ2) is 3.48. The Balaban J connectivity index is 2.62. The van der Waals surface area contributed by atoms with Crippen LogP contribution in [0.15, 0.2) is 11.8 Å². The molecule has 0 aliphatic carbocycles. The van der Waals surface area contributed by atoms with Gasteiger partial charge in [-0.25, -0.2) is 0 Å². The number of rotatable bonds is 1. The molecule has 12 heavy (non-hydrogen) atoms. The van der Waals surface area contributed by atoms with Crippen LogP contribution in [0.4, 0.5) is 0 Å². The van der Waals surface area contributed by atoms with E-state index < -0.39 is 0 Å². The lowest BCUT2D eigenvalue weighted by Crippen LogP contribution is -2.29. The number of aliphatic hydroxyl groups is 1. The van der Waals surface area contributed by atoms with Crippen LogP contribution < -0.4 is 0 Å². The van der Waals surface area contributed by atoms with Crippen LogP contribution in [0.5, 0.6) is 0 Å². The quantitative estimate of drug-likeness (QED) is 0.653. The van der Waals surface area contributed by atoms with Crippen molar-refractivity contribution >= 4 is 0 Å². The molecule has 0 aromatic rings. The van der Waals surface area contributed by atoms with E-state index in [4.69, 9.17) is 4.74 Å². The molecule has 2 nitrogen and oxygen atoms in total. The van der Waals surface area contributed by atoms with E-state index in [1.165, 1.54) is 0 Å². The lowest BCUT2D eigenvalue weighted by atomic mass is 9.83. The minimum atomic E-state index is -0.363. The van der Waals surface area contributed by atoms with E-state index in [2.05, 4.69) is 0 Å². The lowest BCUT2D eigenvalue weighted by molar-refractivity contribution is 0.0799. The van der Waals surface area contributed by atoms with E-state index in [0.717, 1.165) is 25.0 Å². The van der Waals surface area contributed by atoms with Gasteiger partial charge in [0.25, 0.3) is 0 Å². The fourth-order valence-corrected chi connectivity index (χ4v) is 1.34. The van der Waals surface area contributed by atoms with Crippen molar-refractivity contribution in [3.63, 3.8) is 0 Å². The Labute approximate surface area is 74.2 Å². The van der Waals surface area contributed by atoms with Crippen LogP contribution in [0.25, 0.3) is 0 Å². The third-order valence-electron chi connectivity index (χ3n) is 2.13. The monoisotopic (exact) mass is 170 g/mol. The highest BCUT2D eigenvalue weighted by atomic mass is 16.5. The minimum absolute atomic E-state index is 0.0769. The Morgan fingerprint density at radius 3 is 2.58 bits per heavy atom. The molecule has 1 aliphatic heterocycles. The molecule has 1 N–H and O–H groups in total. The van der Waals surface area contributed by atoms with Gasteiger partial charge in [0.05, 0.1) is 19.0 Å². The molecule has 70 valence electrons. The van der Waals surface area contributed by atoms with Gasteiger partial charge in [0.1, 0.15) is 0 Å². The molecule has 0 aromatic heterocycles.